The minimum Gasteiger partial charge on any atom is -0.451 e. The van der Waals surface area contributed by atoms with Gasteiger partial charge in [0.1, 0.15) is 5.76 Å². The van der Waals surface area contributed by atoms with Crippen LogP contribution in [0, 0.1) is 6.92 Å². The molecule has 0 unspecified atom stereocenters. The summed E-state index contributed by atoms with van der Waals surface area (Å²) >= 11 is 19.0. The monoisotopic (exact) mass is 567 g/mol. The molecule has 0 radical (unpaired) electrons. The molecule has 6 nitrogen and oxygen atoms in total. The fourth-order valence-electron chi connectivity index (χ4n) is 4.47. The first kappa shape index (κ1) is 26.2. The number of benzene rings is 3. The molecule has 0 atom stereocenters. The minimum absolute atomic E-state index is 0.0469. The number of aryl methyl sites for hydroxylation is 1. The van der Waals surface area contributed by atoms with Gasteiger partial charge in [-0.2, -0.15) is 0 Å². The Hall–Kier alpha value is -3.45. The average Bonchev–Trinajstić information content (AvgIpc) is 3.41. The first-order valence-corrected chi connectivity index (χ1v) is 13.2. The molecular weight excluding hydrogens is 545 g/mol. The van der Waals surface area contributed by atoms with Crippen LogP contribution in [0.2, 0.25) is 15.1 Å². The number of piperazine rings is 1. The second-order valence-electron chi connectivity index (χ2n) is 8.98. The first-order chi connectivity index (χ1) is 18.3. The van der Waals surface area contributed by atoms with Crippen molar-refractivity contribution in [1.29, 1.82) is 0 Å². The van der Waals surface area contributed by atoms with Gasteiger partial charge in [0.05, 0.1) is 20.8 Å². The SMILES string of the molecule is Cc1ccccc1C(=O)N1CCN(c2ccc(NC(=O)c3ccc(-c4cccc(Cl)c4Cl)o3)cc2Cl)CC1. The van der Waals surface area contributed by atoms with E-state index >= 15 is 0 Å². The summed E-state index contributed by atoms with van der Waals surface area (Å²) in [7, 11) is 0. The van der Waals surface area contributed by atoms with Gasteiger partial charge >= 0.3 is 0 Å². The van der Waals surface area contributed by atoms with Crippen molar-refractivity contribution in [3.8, 4) is 11.3 Å². The van der Waals surface area contributed by atoms with Crippen molar-refractivity contribution in [3.05, 3.63) is 105 Å². The summed E-state index contributed by atoms with van der Waals surface area (Å²) in [6, 6.07) is 21.5. The molecule has 0 spiro atoms. The lowest BCUT2D eigenvalue weighted by Gasteiger charge is -2.36. The number of hydrogen-bond donors (Lipinski definition) is 1. The van der Waals surface area contributed by atoms with E-state index in [1.54, 1.807) is 42.5 Å². The van der Waals surface area contributed by atoms with E-state index in [0.29, 0.717) is 58.3 Å². The highest BCUT2D eigenvalue weighted by Crippen LogP contribution is 2.35. The molecule has 2 heterocycles. The van der Waals surface area contributed by atoms with Crippen LogP contribution in [0.15, 0.2) is 77.2 Å². The summed E-state index contributed by atoms with van der Waals surface area (Å²) in [5.74, 6) is 0.203. The van der Waals surface area contributed by atoms with Crippen LogP contribution >= 0.6 is 34.8 Å². The number of anilines is 2. The van der Waals surface area contributed by atoms with Crippen LogP contribution in [0.25, 0.3) is 11.3 Å². The Bertz CT molecular complexity index is 1510. The van der Waals surface area contributed by atoms with Gasteiger partial charge in [-0.05, 0) is 61.0 Å². The van der Waals surface area contributed by atoms with Gasteiger partial charge in [-0.25, -0.2) is 0 Å². The molecule has 1 aromatic heterocycles. The number of carbonyl (C=O) groups excluding carboxylic acids is 2. The molecule has 5 rings (SSSR count). The van der Waals surface area contributed by atoms with Crippen molar-refractivity contribution in [3.63, 3.8) is 0 Å². The van der Waals surface area contributed by atoms with Gasteiger partial charge in [-0.1, -0.05) is 59.1 Å². The van der Waals surface area contributed by atoms with E-state index in [2.05, 4.69) is 10.2 Å². The summed E-state index contributed by atoms with van der Waals surface area (Å²) in [5.41, 5.74) is 3.70. The van der Waals surface area contributed by atoms with Crippen molar-refractivity contribution in [1.82, 2.24) is 4.90 Å². The molecule has 194 valence electrons. The van der Waals surface area contributed by atoms with Crippen LogP contribution < -0.4 is 10.2 Å². The Balaban J connectivity index is 1.22. The number of halogens is 3. The Morgan fingerprint density at radius 2 is 1.61 bits per heavy atom. The van der Waals surface area contributed by atoms with E-state index < -0.39 is 5.91 Å². The summed E-state index contributed by atoms with van der Waals surface area (Å²) in [4.78, 5) is 29.7. The predicted molar refractivity (Wildman–Crippen MR) is 153 cm³/mol. The zero-order chi connectivity index (χ0) is 26.8. The molecule has 0 bridgehead atoms. The fourth-order valence-corrected chi connectivity index (χ4v) is 5.16. The quantitative estimate of drug-likeness (QED) is 0.272. The summed E-state index contributed by atoms with van der Waals surface area (Å²) in [5, 5.41) is 4.09. The summed E-state index contributed by atoms with van der Waals surface area (Å²) in [6.07, 6.45) is 0. The third-order valence-corrected chi connectivity index (χ3v) is 7.66. The maximum atomic E-state index is 12.9. The van der Waals surface area contributed by atoms with Crippen molar-refractivity contribution in [2.45, 2.75) is 6.92 Å². The highest BCUT2D eigenvalue weighted by Gasteiger charge is 2.24. The third-order valence-electron chi connectivity index (χ3n) is 6.54. The zero-order valence-electron chi connectivity index (χ0n) is 20.5. The lowest BCUT2D eigenvalue weighted by molar-refractivity contribution is 0.0746. The van der Waals surface area contributed by atoms with Gasteiger partial charge in [0, 0.05) is 43.0 Å². The smallest absolute Gasteiger partial charge is 0.291 e. The van der Waals surface area contributed by atoms with E-state index in [1.807, 2.05) is 42.2 Å². The first-order valence-electron chi connectivity index (χ1n) is 12.1. The van der Waals surface area contributed by atoms with E-state index in [0.717, 1.165) is 16.8 Å². The minimum atomic E-state index is -0.415. The van der Waals surface area contributed by atoms with Crippen LogP contribution in [0.3, 0.4) is 0 Å². The molecular formula is C29H24Cl3N3O3. The number of amides is 2. The molecule has 1 aliphatic heterocycles. The summed E-state index contributed by atoms with van der Waals surface area (Å²) < 4.78 is 5.73. The molecule has 9 heteroatoms. The molecule has 0 saturated carbocycles. The Kier molecular flexibility index (Phi) is 7.65. The van der Waals surface area contributed by atoms with Crippen LogP contribution in [0.1, 0.15) is 26.5 Å². The van der Waals surface area contributed by atoms with Crippen LogP contribution in [0.4, 0.5) is 11.4 Å². The van der Waals surface area contributed by atoms with Crippen molar-refractivity contribution in [2.24, 2.45) is 0 Å². The normalized spacial score (nSPS) is 13.5. The van der Waals surface area contributed by atoms with Gasteiger partial charge < -0.3 is 19.5 Å². The highest BCUT2D eigenvalue weighted by molar-refractivity contribution is 6.43. The maximum absolute atomic E-state index is 12.9. The van der Waals surface area contributed by atoms with Crippen LogP contribution in [-0.2, 0) is 0 Å². The Morgan fingerprint density at radius 1 is 0.842 bits per heavy atom. The molecule has 4 aromatic rings. The number of hydrogen-bond acceptors (Lipinski definition) is 4. The zero-order valence-corrected chi connectivity index (χ0v) is 22.8. The Labute approximate surface area is 235 Å². The largest absolute Gasteiger partial charge is 0.451 e. The van der Waals surface area contributed by atoms with Gasteiger partial charge in [-0.15, -0.1) is 0 Å². The highest BCUT2D eigenvalue weighted by atomic mass is 35.5. The van der Waals surface area contributed by atoms with Crippen LogP contribution in [0.5, 0.6) is 0 Å². The molecule has 1 aliphatic rings. The molecule has 1 N–H and O–H groups in total. The van der Waals surface area contributed by atoms with Crippen molar-refractivity contribution in [2.75, 3.05) is 36.4 Å². The maximum Gasteiger partial charge on any atom is 0.291 e. The number of nitrogens with one attached hydrogen (secondary N) is 1. The fraction of sp³-hybridized carbons (Fsp3) is 0.172. The van der Waals surface area contributed by atoms with Gasteiger partial charge in [-0.3, -0.25) is 9.59 Å². The molecule has 1 saturated heterocycles. The summed E-state index contributed by atoms with van der Waals surface area (Å²) in [6.45, 7) is 4.46. The molecule has 1 fully saturated rings. The molecule has 3 aromatic carbocycles. The Morgan fingerprint density at radius 3 is 2.34 bits per heavy atom. The van der Waals surface area contributed by atoms with Gasteiger partial charge in [0.25, 0.3) is 11.8 Å². The van der Waals surface area contributed by atoms with Gasteiger partial charge in [0.2, 0.25) is 0 Å². The second kappa shape index (κ2) is 11.1. The van der Waals surface area contributed by atoms with E-state index in [9.17, 15) is 9.59 Å². The van der Waals surface area contributed by atoms with E-state index in [4.69, 9.17) is 39.2 Å². The van der Waals surface area contributed by atoms with Gasteiger partial charge in [0.15, 0.2) is 5.76 Å². The molecule has 0 aliphatic carbocycles. The third kappa shape index (κ3) is 5.39. The number of nitrogens with zero attached hydrogens (tertiary/aromatic N) is 2. The number of furan rings is 1. The standard InChI is InChI=1S/C29H24Cl3N3O3/c1-18-5-2-3-6-20(18)29(37)35-15-13-34(14-16-35)24-10-9-19(17-23(24)31)33-28(36)26-12-11-25(38-26)21-7-4-8-22(30)27(21)32/h2-12,17H,13-16H2,1H3,(H,33,36). The average molecular weight is 569 g/mol. The van der Waals surface area contributed by atoms with E-state index in [-0.39, 0.29) is 11.7 Å². The predicted octanol–water partition coefficient (Wildman–Crippen LogP) is 7.43. The van der Waals surface area contributed by atoms with Crippen LogP contribution in [-0.4, -0.2) is 42.9 Å². The second-order valence-corrected chi connectivity index (χ2v) is 10.2. The lowest BCUT2D eigenvalue weighted by Crippen LogP contribution is -2.49. The lowest BCUT2D eigenvalue weighted by atomic mass is 10.1. The topological polar surface area (TPSA) is 65.8 Å². The van der Waals surface area contributed by atoms with Crippen molar-refractivity contribution >= 4 is 58.0 Å². The van der Waals surface area contributed by atoms with Crippen molar-refractivity contribution < 1.29 is 14.0 Å². The number of carbonyl (C=O) groups is 2. The molecule has 2 amide bonds. The number of rotatable bonds is 5. The molecule has 38 heavy (non-hydrogen) atoms. The van der Waals surface area contributed by atoms with E-state index in [1.165, 1.54) is 0 Å².